The number of fused-ring (bicyclic) bond motifs is 1. The first kappa shape index (κ1) is 35.1. The van der Waals surface area contributed by atoms with E-state index < -0.39 is 105 Å². The second-order valence-electron chi connectivity index (χ2n) is 11.2. The molecule has 3 aliphatic rings. The molecule has 3 aliphatic heterocycles. The van der Waals surface area contributed by atoms with Gasteiger partial charge >= 0.3 is 11.9 Å². The molecule has 0 aliphatic carbocycles. The summed E-state index contributed by atoms with van der Waals surface area (Å²) in [5.41, 5.74) is 0.411. The summed E-state index contributed by atoms with van der Waals surface area (Å²) in [6.45, 7) is -1.57. The average Bonchev–Trinajstić information content (AvgIpc) is 3.03. The molecule has 0 saturated carbocycles. The van der Waals surface area contributed by atoms with Crippen LogP contribution in [0.25, 0.3) is 6.08 Å². The van der Waals surface area contributed by atoms with Gasteiger partial charge in [0.2, 0.25) is 6.29 Å². The minimum Gasteiger partial charge on any atom is -0.508 e. The summed E-state index contributed by atoms with van der Waals surface area (Å²) in [4.78, 5) is 22.8. The highest BCUT2D eigenvalue weighted by Gasteiger charge is 2.52. The van der Waals surface area contributed by atoms with Crippen molar-refractivity contribution in [3.05, 3.63) is 53.3 Å². The molecule has 18 nitrogen and oxygen atoms in total. The predicted octanol–water partition coefficient (Wildman–Crippen LogP) is -2.06. The summed E-state index contributed by atoms with van der Waals surface area (Å²) in [6.07, 6.45) is -18.8. The van der Waals surface area contributed by atoms with Crippen molar-refractivity contribution in [3.63, 3.8) is 0 Å². The van der Waals surface area contributed by atoms with E-state index in [0.29, 0.717) is 5.56 Å². The number of aromatic hydroxyl groups is 3. The first-order valence-corrected chi connectivity index (χ1v) is 14.5. The summed E-state index contributed by atoms with van der Waals surface area (Å²) in [6, 6.07) is 7.88. The summed E-state index contributed by atoms with van der Waals surface area (Å²) >= 11 is 0. The molecule has 2 aromatic rings. The van der Waals surface area contributed by atoms with Crippen molar-refractivity contribution in [2.45, 2.75) is 73.9 Å². The number of hydrogen-bond acceptors (Lipinski definition) is 17. The van der Waals surface area contributed by atoms with E-state index in [1.807, 2.05) is 0 Å². The first-order chi connectivity index (χ1) is 22.8. The van der Waals surface area contributed by atoms with Crippen molar-refractivity contribution >= 4 is 18.0 Å². The number of hydrogen-bond donors (Lipinski definition) is 10. The average molecular weight is 683 g/mol. The Labute approximate surface area is 270 Å². The molecule has 0 amide bonds. The molecule has 10 N–H and O–H groups in total. The molecule has 0 bridgehead atoms. The van der Waals surface area contributed by atoms with E-state index >= 15 is 0 Å². The van der Waals surface area contributed by atoms with Crippen LogP contribution in [0.3, 0.4) is 0 Å². The zero-order chi connectivity index (χ0) is 34.9. The number of carbonyl (C=O) groups excluding carboxylic acids is 1. The molecule has 0 spiro atoms. The smallest absolute Gasteiger partial charge is 0.317 e. The number of aliphatic carboxylic acids is 1. The molecular weight excluding hydrogens is 648 g/mol. The van der Waals surface area contributed by atoms with Crippen LogP contribution >= 0.6 is 0 Å². The largest absolute Gasteiger partial charge is 0.508 e. The van der Waals surface area contributed by atoms with Gasteiger partial charge in [0.25, 0.3) is 0 Å². The second kappa shape index (κ2) is 14.5. The van der Waals surface area contributed by atoms with Gasteiger partial charge in [-0.25, -0.2) is 0 Å². The molecule has 18 heteroatoms. The van der Waals surface area contributed by atoms with Gasteiger partial charge in [0.1, 0.15) is 84.5 Å². The summed E-state index contributed by atoms with van der Waals surface area (Å²) in [5, 5.41) is 102. The summed E-state index contributed by atoms with van der Waals surface area (Å²) in [5.74, 6) is -3.61. The lowest BCUT2D eigenvalue weighted by Crippen LogP contribution is -2.64. The topological polar surface area (TPSA) is 292 Å². The van der Waals surface area contributed by atoms with Crippen LogP contribution in [0, 0.1) is 0 Å². The third-order valence-electron chi connectivity index (χ3n) is 7.83. The third kappa shape index (κ3) is 7.41. The van der Waals surface area contributed by atoms with Crippen LogP contribution in [0.5, 0.6) is 23.0 Å². The summed E-state index contributed by atoms with van der Waals surface area (Å²) < 4.78 is 34.0. The number of aliphatic hydroxyl groups is 6. The highest BCUT2D eigenvalue weighted by atomic mass is 16.8. The number of phenols is 3. The Bertz CT molecular complexity index is 1490. The zero-order valence-electron chi connectivity index (χ0n) is 24.8. The normalized spacial score (nSPS) is 33.1. The van der Waals surface area contributed by atoms with E-state index in [-0.39, 0.29) is 28.6 Å². The van der Waals surface area contributed by atoms with E-state index in [1.54, 1.807) is 0 Å². The van der Waals surface area contributed by atoms with Gasteiger partial charge in [-0.15, -0.1) is 0 Å². The van der Waals surface area contributed by atoms with Crippen LogP contribution in [-0.2, 0) is 33.3 Å². The van der Waals surface area contributed by atoms with Gasteiger partial charge in [0, 0.05) is 17.7 Å². The minimum atomic E-state index is -1.98. The van der Waals surface area contributed by atoms with Gasteiger partial charge in [-0.2, -0.15) is 0 Å². The highest BCUT2D eigenvalue weighted by molar-refractivity contribution is 5.90. The lowest BCUT2D eigenvalue weighted by Gasteiger charge is -2.46. The second-order valence-corrected chi connectivity index (χ2v) is 11.2. The van der Waals surface area contributed by atoms with Gasteiger partial charge < -0.3 is 79.5 Å². The number of rotatable bonds is 10. The van der Waals surface area contributed by atoms with E-state index in [1.165, 1.54) is 36.4 Å². The molecule has 11 atom stereocenters. The molecule has 5 rings (SSSR count). The number of carboxylic acid groups (broad SMARTS) is 1. The van der Waals surface area contributed by atoms with Gasteiger partial charge in [0.05, 0.1) is 12.2 Å². The van der Waals surface area contributed by atoms with Crippen LogP contribution in [0.1, 0.15) is 23.7 Å². The Morgan fingerprint density at radius 1 is 0.792 bits per heavy atom. The van der Waals surface area contributed by atoms with Gasteiger partial charge in [0.15, 0.2) is 18.5 Å². The van der Waals surface area contributed by atoms with Crippen molar-refractivity contribution in [2.75, 3.05) is 13.2 Å². The van der Waals surface area contributed by atoms with Crippen LogP contribution < -0.4 is 4.74 Å². The van der Waals surface area contributed by atoms with E-state index in [4.69, 9.17) is 33.5 Å². The minimum absolute atomic E-state index is 0.0234. The highest BCUT2D eigenvalue weighted by Crippen LogP contribution is 2.45. The number of esters is 1. The molecule has 48 heavy (non-hydrogen) atoms. The Morgan fingerprint density at radius 3 is 2.12 bits per heavy atom. The quantitative estimate of drug-likeness (QED) is 0.0952. The fraction of sp³-hybridized carbons (Fsp3) is 0.467. The van der Waals surface area contributed by atoms with Crippen molar-refractivity contribution in [3.8, 4) is 23.0 Å². The monoisotopic (exact) mass is 682 g/mol. The number of benzene rings is 2. The lowest BCUT2D eigenvalue weighted by atomic mass is 9.97. The molecule has 0 radical (unpaired) electrons. The molecule has 262 valence electrons. The maximum atomic E-state index is 11.9. The maximum Gasteiger partial charge on any atom is 0.317 e. The molecule has 11 unspecified atom stereocenters. The molecule has 3 heterocycles. The van der Waals surface area contributed by atoms with Gasteiger partial charge in [-0.1, -0.05) is 12.1 Å². The lowest BCUT2D eigenvalue weighted by molar-refractivity contribution is -0.364. The number of phenolic OH excluding ortho intramolecular Hbond substituents is 3. The number of ether oxygens (including phenoxy) is 6. The Balaban J connectivity index is 1.50. The maximum absolute atomic E-state index is 11.9. The Hall–Kier alpha value is -4.24. The van der Waals surface area contributed by atoms with E-state index in [0.717, 1.165) is 6.07 Å². The standard InChI is InChI=1S/C30H34O18/c31-9-18-22(38)24(40)26(42)29(46-18)48-28-25(41)23(39)19(10-43-21(37)8-20(35)36)47-30(28)45-17-7-14-15(34)5-13(33)6-16(14)44-27(17)11-1-3-12(32)4-2-11/h1-7,18-19,22-34,38-42H,8-10H2,(H,35,36). The van der Waals surface area contributed by atoms with Gasteiger partial charge in [-0.3, -0.25) is 9.59 Å². The molecular formula is C30H34O18. The number of carbonyl (C=O) groups is 2. The van der Waals surface area contributed by atoms with E-state index in [9.17, 15) is 55.5 Å². The van der Waals surface area contributed by atoms with Crippen molar-refractivity contribution in [2.24, 2.45) is 0 Å². The van der Waals surface area contributed by atoms with Crippen LogP contribution in [0.4, 0.5) is 0 Å². The van der Waals surface area contributed by atoms with Gasteiger partial charge in [-0.05, 0) is 18.2 Å². The van der Waals surface area contributed by atoms with Crippen LogP contribution in [0.2, 0.25) is 0 Å². The third-order valence-corrected chi connectivity index (χ3v) is 7.83. The fourth-order valence-electron chi connectivity index (χ4n) is 5.32. The van der Waals surface area contributed by atoms with Crippen molar-refractivity contribution < 1.29 is 89.1 Å². The number of aliphatic hydroxyl groups excluding tert-OH is 6. The van der Waals surface area contributed by atoms with Crippen LogP contribution in [-0.4, -0.2) is 138 Å². The van der Waals surface area contributed by atoms with E-state index in [2.05, 4.69) is 0 Å². The zero-order valence-corrected chi connectivity index (χ0v) is 24.8. The van der Waals surface area contributed by atoms with Crippen LogP contribution in [0.15, 0.2) is 42.2 Å². The SMILES string of the molecule is O=C(O)CC(=O)OCC1OC(OC2=Cc3c(O)cc(O)cc3OC2c2ccc(O)cc2)C(OC2OC(CO)C(O)C(O)C2O)C(O)C1O. The first-order valence-electron chi connectivity index (χ1n) is 14.5. The molecule has 2 fully saturated rings. The Kier molecular flexibility index (Phi) is 10.6. The molecule has 2 aromatic carbocycles. The fourth-order valence-corrected chi connectivity index (χ4v) is 5.32. The molecule has 0 aromatic heterocycles. The van der Waals surface area contributed by atoms with Crippen molar-refractivity contribution in [1.29, 1.82) is 0 Å². The number of carboxylic acids is 1. The van der Waals surface area contributed by atoms with Crippen molar-refractivity contribution in [1.82, 2.24) is 0 Å². The molecule has 2 saturated heterocycles. The Morgan fingerprint density at radius 2 is 1.46 bits per heavy atom. The predicted molar refractivity (Wildman–Crippen MR) is 153 cm³/mol. The summed E-state index contributed by atoms with van der Waals surface area (Å²) in [7, 11) is 0.